The van der Waals surface area contributed by atoms with Crippen LogP contribution in [0.3, 0.4) is 0 Å². The van der Waals surface area contributed by atoms with Crippen molar-refractivity contribution < 1.29 is 33.7 Å². The predicted molar refractivity (Wildman–Crippen MR) is 84.2 cm³/mol. The van der Waals surface area contributed by atoms with E-state index >= 15 is 0 Å². The van der Waals surface area contributed by atoms with Gasteiger partial charge in [0.2, 0.25) is 11.8 Å². The minimum Gasteiger partial charge on any atom is -0.465 e. The molecule has 1 aliphatic heterocycles. The van der Waals surface area contributed by atoms with Gasteiger partial charge < -0.3 is 14.6 Å². The lowest BCUT2D eigenvalue weighted by atomic mass is 10.2. The molecular formula is C17H24NO6+. The van der Waals surface area contributed by atoms with E-state index in [1.807, 2.05) is 30.3 Å². The second kappa shape index (κ2) is 7.29. The molecule has 0 aromatic heterocycles. The molecule has 2 unspecified atom stereocenters. The highest BCUT2D eigenvalue weighted by Gasteiger charge is 2.59. The maximum atomic E-state index is 12.8. The Morgan fingerprint density at radius 1 is 1.29 bits per heavy atom. The maximum absolute atomic E-state index is 12.8. The Labute approximate surface area is 141 Å². The first-order valence-corrected chi connectivity index (χ1v) is 7.88. The topological polar surface area (TPSA) is 82.1 Å². The lowest BCUT2D eigenvalue weighted by Crippen LogP contribution is -2.62. The summed E-state index contributed by atoms with van der Waals surface area (Å²) in [6, 6.07) is 8.35. The molecule has 0 spiro atoms. The molecule has 1 aromatic rings. The number of hydrogen-bond donors (Lipinski definition) is 1. The second-order valence-electron chi connectivity index (χ2n) is 6.28. The first-order chi connectivity index (χ1) is 11.3. The summed E-state index contributed by atoms with van der Waals surface area (Å²) in [5.41, 5.74) is 0.820. The zero-order valence-electron chi connectivity index (χ0n) is 14.2. The summed E-state index contributed by atoms with van der Waals surface area (Å²) >= 11 is 0. The molecule has 1 aromatic carbocycles. The monoisotopic (exact) mass is 338 g/mol. The van der Waals surface area contributed by atoms with Gasteiger partial charge in [-0.15, -0.1) is 0 Å². The van der Waals surface area contributed by atoms with E-state index in [9.17, 15) is 14.7 Å². The van der Waals surface area contributed by atoms with Gasteiger partial charge in [-0.25, -0.2) is 4.79 Å². The van der Waals surface area contributed by atoms with Gasteiger partial charge in [0.15, 0.2) is 0 Å². The van der Waals surface area contributed by atoms with Crippen LogP contribution < -0.4 is 0 Å². The SMILES string of the molecule is COC(=O)C1CCC[N+]1(OC(C)(C)O)C(=O)OCc1ccccc1. The van der Waals surface area contributed by atoms with Crippen LogP contribution in [-0.4, -0.2) is 47.3 Å². The molecule has 0 saturated carbocycles. The van der Waals surface area contributed by atoms with Gasteiger partial charge in [-0.05, 0) is 19.4 Å². The van der Waals surface area contributed by atoms with Crippen molar-refractivity contribution in [1.29, 1.82) is 0 Å². The highest BCUT2D eigenvalue weighted by atomic mass is 16.8. The quantitative estimate of drug-likeness (QED) is 0.503. The molecular weight excluding hydrogens is 314 g/mol. The van der Waals surface area contributed by atoms with Crippen molar-refractivity contribution in [2.75, 3.05) is 13.7 Å². The number of benzene rings is 1. The van der Waals surface area contributed by atoms with E-state index in [2.05, 4.69) is 0 Å². The Morgan fingerprint density at radius 3 is 2.54 bits per heavy atom. The average molecular weight is 338 g/mol. The number of hydrogen-bond acceptors (Lipinski definition) is 6. The van der Waals surface area contributed by atoms with Crippen molar-refractivity contribution in [3.63, 3.8) is 0 Å². The normalized spacial score (nSPS) is 23.8. The number of amides is 1. The molecule has 1 N–H and O–H groups in total. The summed E-state index contributed by atoms with van der Waals surface area (Å²) in [6.45, 7) is 3.11. The van der Waals surface area contributed by atoms with E-state index < -0.39 is 28.5 Å². The van der Waals surface area contributed by atoms with Gasteiger partial charge in [0.1, 0.15) is 13.2 Å². The van der Waals surface area contributed by atoms with Crippen LogP contribution in [0, 0.1) is 0 Å². The van der Waals surface area contributed by atoms with Crippen molar-refractivity contribution in [2.24, 2.45) is 0 Å². The number of ether oxygens (including phenoxy) is 2. The maximum Gasteiger partial charge on any atom is 0.550 e. The van der Waals surface area contributed by atoms with Gasteiger partial charge in [-0.1, -0.05) is 35.0 Å². The fourth-order valence-corrected chi connectivity index (χ4v) is 2.90. The van der Waals surface area contributed by atoms with Gasteiger partial charge in [0, 0.05) is 12.8 Å². The lowest BCUT2D eigenvalue weighted by Gasteiger charge is -2.35. The third-order valence-corrected chi connectivity index (χ3v) is 3.85. The Kier molecular flexibility index (Phi) is 5.58. The number of carbonyl (C=O) groups is 2. The average Bonchev–Trinajstić information content (AvgIpc) is 2.95. The standard InChI is InChI=1S/C17H24NO6/c1-17(2,21)24-18(11-7-10-14(18)15(19)22-3)16(20)23-12-13-8-5-4-6-9-13/h4-6,8-9,14,21H,7,10-12H2,1-3H3/q+1. The largest absolute Gasteiger partial charge is 0.550 e. The number of quaternary nitrogens is 1. The molecule has 7 nitrogen and oxygen atoms in total. The van der Waals surface area contributed by atoms with Crippen LogP contribution in [0.2, 0.25) is 0 Å². The van der Waals surface area contributed by atoms with Gasteiger partial charge in [-0.2, -0.15) is 9.63 Å². The van der Waals surface area contributed by atoms with Crippen LogP contribution in [0.4, 0.5) is 4.79 Å². The van der Waals surface area contributed by atoms with Crippen molar-refractivity contribution in [1.82, 2.24) is 0 Å². The molecule has 132 valence electrons. The molecule has 1 heterocycles. The Bertz CT molecular complexity index is 582. The smallest absolute Gasteiger partial charge is 0.465 e. The summed E-state index contributed by atoms with van der Waals surface area (Å²) in [5.74, 6) is -2.17. The fraction of sp³-hybridized carbons (Fsp3) is 0.529. The van der Waals surface area contributed by atoms with E-state index in [4.69, 9.17) is 14.3 Å². The first-order valence-electron chi connectivity index (χ1n) is 7.88. The number of likely N-dealkylation sites (tertiary alicyclic amines) is 1. The Morgan fingerprint density at radius 2 is 1.96 bits per heavy atom. The van der Waals surface area contributed by atoms with E-state index in [-0.39, 0.29) is 13.2 Å². The molecule has 1 amide bonds. The molecule has 7 heteroatoms. The molecule has 1 aliphatic rings. The van der Waals surface area contributed by atoms with E-state index in [0.29, 0.717) is 12.8 Å². The molecule has 0 bridgehead atoms. The lowest BCUT2D eigenvalue weighted by molar-refractivity contribution is -1.07. The third-order valence-electron chi connectivity index (χ3n) is 3.85. The third kappa shape index (κ3) is 4.11. The highest BCUT2D eigenvalue weighted by Crippen LogP contribution is 2.33. The highest BCUT2D eigenvalue weighted by molar-refractivity contribution is 5.77. The Hall–Kier alpha value is -1.96. The van der Waals surface area contributed by atoms with Crippen LogP contribution in [0.5, 0.6) is 0 Å². The molecule has 24 heavy (non-hydrogen) atoms. The number of esters is 1. The van der Waals surface area contributed by atoms with E-state index in [1.165, 1.54) is 21.0 Å². The van der Waals surface area contributed by atoms with Crippen LogP contribution in [0.1, 0.15) is 32.3 Å². The van der Waals surface area contributed by atoms with Crippen LogP contribution in [0.25, 0.3) is 0 Å². The number of methoxy groups -OCH3 is 1. The summed E-state index contributed by atoms with van der Waals surface area (Å²) in [6.07, 6.45) is 0.285. The molecule has 2 atom stereocenters. The van der Waals surface area contributed by atoms with Crippen molar-refractivity contribution in [3.8, 4) is 0 Å². The van der Waals surface area contributed by atoms with Crippen molar-refractivity contribution in [3.05, 3.63) is 35.9 Å². The van der Waals surface area contributed by atoms with Gasteiger partial charge in [-0.3, -0.25) is 0 Å². The zero-order valence-corrected chi connectivity index (χ0v) is 14.2. The molecule has 1 saturated heterocycles. The van der Waals surface area contributed by atoms with Gasteiger partial charge >= 0.3 is 12.1 Å². The van der Waals surface area contributed by atoms with Crippen LogP contribution in [0.15, 0.2) is 30.3 Å². The second-order valence-corrected chi connectivity index (χ2v) is 6.28. The van der Waals surface area contributed by atoms with Crippen molar-refractivity contribution >= 4 is 12.1 Å². The number of rotatable bonds is 5. The van der Waals surface area contributed by atoms with Crippen LogP contribution in [-0.2, 0) is 25.7 Å². The summed E-state index contributed by atoms with van der Waals surface area (Å²) in [4.78, 5) is 30.4. The van der Waals surface area contributed by atoms with E-state index in [0.717, 1.165) is 5.56 Å². The summed E-state index contributed by atoms with van der Waals surface area (Å²) in [7, 11) is 1.26. The number of hydroxylamine groups is 3. The van der Waals surface area contributed by atoms with Gasteiger partial charge in [0.25, 0.3) is 0 Å². The van der Waals surface area contributed by atoms with E-state index in [1.54, 1.807) is 0 Å². The number of aliphatic hydroxyl groups is 1. The van der Waals surface area contributed by atoms with Crippen molar-refractivity contribution in [2.45, 2.75) is 45.1 Å². The predicted octanol–water partition coefficient (Wildman–Crippen LogP) is 2.14. The number of nitrogens with zero attached hydrogens (tertiary/aromatic N) is 1. The van der Waals surface area contributed by atoms with Crippen LogP contribution >= 0.6 is 0 Å². The molecule has 0 aliphatic carbocycles. The first kappa shape index (κ1) is 18.4. The number of carbonyl (C=O) groups excluding carboxylic acids is 2. The van der Waals surface area contributed by atoms with Gasteiger partial charge in [0.05, 0.1) is 7.11 Å². The molecule has 0 radical (unpaired) electrons. The summed E-state index contributed by atoms with van der Waals surface area (Å²) in [5, 5.41) is 10.1. The molecule has 2 rings (SSSR count). The Balaban J connectivity index is 2.22. The minimum absolute atomic E-state index is 0.0583. The minimum atomic E-state index is -1.61. The zero-order chi connectivity index (χ0) is 17.8. The fourth-order valence-electron chi connectivity index (χ4n) is 2.90. The summed E-state index contributed by atoms with van der Waals surface area (Å²) < 4.78 is 9.45. The molecule has 1 fully saturated rings.